The highest BCUT2D eigenvalue weighted by molar-refractivity contribution is 9.10. The normalized spacial score (nSPS) is 18.1. The molecule has 0 saturated heterocycles. The van der Waals surface area contributed by atoms with E-state index < -0.39 is 0 Å². The standard InChI is InChI=1S/C13H14BrNO/c1-10-11(5-4-6-12(10)14)13(15-9-16)7-2-3-8-13/h4-6H,2-3,7-8H2,1H3. The van der Waals surface area contributed by atoms with Crippen LogP contribution in [-0.4, -0.2) is 6.08 Å². The lowest BCUT2D eigenvalue weighted by Gasteiger charge is -2.25. The predicted molar refractivity (Wildman–Crippen MR) is 67.1 cm³/mol. The summed E-state index contributed by atoms with van der Waals surface area (Å²) in [6, 6.07) is 6.10. The second kappa shape index (κ2) is 4.52. The molecule has 0 aliphatic heterocycles. The molecule has 1 aliphatic carbocycles. The molecular formula is C13H14BrNO. The molecule has 0 radical (unpaired) electrons. The third kappa shape index (κ3) is 1.85. The third-order valence-electron chi connectivity index (χ3n) is 3.46. The van der Waals surface area contributed by atoms with Crippen LogP contribution in [0.25, 0.3) is 0 Å². The van der Waals surface area contributed by atoms with Gasteiger partial charge in [0.05, 0.1) is 5.54 Å². The molecular weight excluding hydrogens is 266 g/mol. The highest BCUT2D eigenvalue weighted by atomic mass is 79.9. The van der Waals surface area contributed by atoms with Crippen molar-refractivity contribution < 1.29 is 4.79 Å². The summed E-state index contributed by atoms with van der Waals surface area (Å²) in [6.45, 7) is 2.07. The second-order valence-electron chi connectivity index (χ2n) is 4.35. The molecule has 0 spiro atoms. The molecule has 2 rings (SSSR count). The van der Waals surface area contributed by atoms with Crippen molar-refractivity contribution in [1.82, 2.24) is 0 Å². The number of rotatable bonds is 2. The monoisotopic (exact) mass is 279 g/mol. The molecule has 1 aliphatic rings. The molecule has 1 aromatic carbocycles. The van der Waals surface area contributed by atoms with Crippen LogP contribution in [-0.2, 0) is 10.3 Å². The van der Waals surface area contributed by atoms with Gasteiger partial charge in [-0.3, -0.25) is 0 Å². The van der Waals surface area contributed by atoms with E-state index in [-0.39, 0.29) is 5.54 Å². The first-order valence-corrected chi connectivity index (χ1v) is 6.33. The zero-order chi connectivity index (χ0) is 11.6. The molecule has 3 heteroatoms. The number of nitrogens with zero attached hydrogens (tertiary/aromatic N) is 1. The molecule has 0 amide bonds. The topological polar surface area (TPSA) is 29.4 Å². The van der Waals surface area contributed by atoms with E-state index in [0.29, 0.717) is 0 Å². The number of hydrogen-bond acceptors (Lipinski definition) is 2. The summed E-state index contributed by atoms with van der Waals surface area (Å²) in [5.41, 5.74) is 2.04. The summed E-state index contributed by atoms with van der Waals surface area (Å²) < 4.78 is 1.08. The molecule has 1 aromatic rings. The van der Waals surface area contributed by atoms with Gasteiger partial charge in [0.1, 0.15) is 0 Å². The second-order valence-corrected chi connectivity index (χ2v) is 5.21. The van der Waals surface area contributed by atoms with Gasteiger partial charge < -0.3 is 0 Å². The van der Waals surface area contributed by atoms with E-state index in [1.54, 1.807) is 6.08 Å². The van der Waals surface area contributed by atoms with Gasteiger partial charge in [-0.2, -0.15) is 4.99 Å². The van der Waals surface area contributed by atoms with Crippen molar-refractivity contribution in [3.8, 4) is 0 Å². The Morgan fingerprint density at radius 2 is 2.06 bits per heavy atom. The average Bonchev–Trinajstić information content (AvgIpc) is 2.72. The quantitative estimate of drug-likeness (QED) is 0.597. The Kier molecular flexibility index (Phi) is 3.27. The highest BCUT2D eigenvalue weighted by Gasteiger charge is 2.36. The van der Waals surface area contributed by atoms with Crippen molar-refractivity contribution >= 4 is 22.0 Å². The Labute approximate surface area is 104 Å². The van der Waals surface area contributed by atoms with Crippen molar-refractivity contribution in [3.05, 3.63) is 33.8 Å². The minimum absolute atomic E-state index is 0.310. The fourth-order valence-corrected chi connectivity index (χ4v) is 2.97. The average molecular weight is 280 g/mol. The molecule has 0 heterocycles. The van der Waals surface area contributed by atoms with Crippen LogP contribution in [0.1, 0.15) is 36.8 Å². The maximum atomic E-state index is 10.6. The number of isocyanates is 1. The van der Waals surface area contributed by atoms with Gasteiger partial charge in [0, 0.05) is 4.47 Å². The third-order valence-corrected chi connectivity index (χ3v) is 4.32. The Morgan fingerprint density at radius 3 is 2.69 bits per heavy atom. The van der Waals surface area contributed by atoms with Crippen LogP contribution in [0.3, 0.4) is 0 Å². The minimum Gasteiger partial charge on any atom is -0.211 e. The SMILES string of the molecule is Cc1c(Br)cccc1C1(N=C=O)CCCC1. The molecule has 0 bridgehead atoms. The Morgan fingerprint density at radius 1 is 1.38 bits per heavy atom. The molecule has 0 unspecified atom stereocenters. The van der Waals surface area contributed by atoms with Gasteiger partial charge in [0.15, 0.2) is 0 Å². The zero-order valence-corrected chi connectivity index (χ0v) is 10.9. The number of benzene rings is 1. The maximum Gasteiger partial charge on any atom is 0.235 e. The Bertz CT molecular complexity index is 443. The lowest BCUT2D eigenvalue weighted by Crippen LogP contribution is -2.20. The van der Waals surface area contributed by atoms with Crippen molar-refractivity contribution in [3.63, 3.8) is 0 Å². The molecule has 1 fully saturated rings. The minimum atomic E-state index is -0.310. The van der Waals surface area contributed by atoms with Crippen LogP contribution in [0.4, 0.5) is 0 Å². The first-order chi connectivity index (χ1) is 7.69. The summed E-state index contributed by atoms with van der Waals surface area (Å²) in [5.74, 6) is 0. The summed E-state index contributed by atoms with van der Waals surface area (Å²) in [5, 5.41) is 0. The van der Waals surface area contributed by atoms with E-state index in [1.807, 2.05) is 12.1 Å². The number of hydrogen-bond donors (Lipinski definition) is 0. The van der Waals surface area contributed by atoms with Crippen LogP contribution in [0.5, 0.6) is 0 Å². The Balaban J connectivity index is 2.55. The van der Waals surface area contributed by atoms with Gasteiger partial charge in [0.2, 0.25) is 6.08 Å². The summed E-state index contributed by atoms with van der Waals surface area (Å²) in [7, 11) is 0. The van der Waals surface area contributed by atoms with Gasteiger partial charge in [-0.25, -0.2) is 4.79 Å². The fraction of sp³-hybridized carbons (Fsp3) is 0.462. The van der Waals surface area contributed by atoms with Crippen molar-refractivity contribution in [2.45, 2.75) is 38.1 Å². The van der Waals surface area contributed by atoms with Crippen LogP contribution in [0.15, 0.2) is 27.7 Å². The van der Waals surface area contributed by atoms with Gasteiger partial charge in [-0.1, -0.05) is 40.9 Å². The van der Waals surface area contributed by atoms with Crippen LogP contribution in [0.2, 0.25) is 0 Å². The number of halogens is 1. The van der Waals surface area contributed by atoms with Gasteiger partial charge >= 0.3 is 0 Å². The van der Waals surface area contributed by atoms with Gasteiger partial charge in [0.25, 0.3) is 0 Å². The lowest BCUT2D eigenvalue weighted by atomic mass is 9.86. The van der Waals surface area contributed by atoms with E-state index in [0.717, 1.165) is 30.2 Å². The number of carbonyl (C=O) groups excluding carboxylic acids is 1. The number of aliphatic imine (C=N–C) groups is 1. The van der Waals surface area contributed by atoms with Crippen LogP contribution < -0.4 is 0 Å². The van der Waals surface area contributed by atoms with E-state index in [1.165, 1.54) is 11.1 Å². The molecule has 0 aromatic heterocycles. The molecule has 2 nitrogen and oxygen atoms in total. The van der Waals surface area contributed by atoms with Gasteiger partial charge in [-0.15, -0.1) is 0 Å². The fourth-order valence-electron chi connectivity index (χ4n) is 2.60. The maximum absolute atomic E-state index is 10.6. The summed E-state index contributed by atoms with van der Waals surface area (Å²) in [4.78, 5) is 14.7. The lowest BCUT2D eigenvalue weighted by molar-refractivity contribution is 0.453. The predicted octanol–water partition coefficient (Wildman–Crippen LogP) is 3.86. The molecule has 1 saturated carbocycles. The van der Waals surface area contributed by atoms with Crippen molar-refractivity contribution in [2.75, 3.05) is 0 Å². The van der Waals surface area contributed by atoms with E-state index in [4.69, 9.17) is 0 Å². The van der Waals surface area contributed by atoms with E-state index in [9.17, 15) is 4.79 Å². The summed E-state index contributed by atoms with van der Waals surface area (Å²) >= 11 is 3.53. The van der Waals surface area contributed by atoms with Crippen molar-refractivity contribution in [2.24, 2.45) is 4.99 Å². The molecule has 0 N–H and O–H groups in total. The largest absolute Gasteiger partial charge is 0.235 e. The molecule has 0 atom stereocenters. The van der Waals surface area contributed by atoms with Crippen LogP contribution >= 0.6 is 15.9 Å². The van der Waals surface area contributed by atoms with Crippen molar-refractivity contribution in [1.29, 1.82) is 0 Å². The molecule has 16 heavy (non-hydrogen) atoms. The van der Waals surface area contributed by atoms with E-state index in [2.05, 4.69) is 33.9 Å². The molecule has 84 valence electrons. The first kappa shape index (κ1) is 11.6. The van der Waals surface area contributed by atoms with Gasteiger partial charge in [-0.05, 0) is 37.0 Å². The zero-order valence-electron chi connectivity index (χ0n) is 9.29. The first-order valence-electron chi connectivity index (χ1n) is 5.54. The highest BCUT2D eigenvalue weighted by Crippen LogP contribution is 2.44. The van der Waals surface area contributed by atoms with E-state index >= 15 is 0 Å². The smallest absolute Gasteiger partial charge is 0.211 e. The van der Waals surface area contributed by atoms with Crippen LogP contribution in [0, 0.1) is 6.92 Å². The summed E-state index contributed by atoms with van der Waals surface area (Å²) in [6.07, 6.45) is 5.94. The Hall–Kier alpha value is -0.920.